The zero-order chi connectivity index (χ0) is 25.3. The van der Waals surface area contributed by atoms with Crippen molar-refractivity contribution in [1.29, 1.82) is 0 Å². The van der Waals surface area contributed by atoms with Crippen LogP contribution in [0, 0.1) is 12.3 Å². The number of carbonyl (C=O) groups is 1. The molecule has 2 aromatic carbocycles. The molecule has 1 aliphatic carbocycles. The summed E-state index contributed by atoms with van der Waals surface area (Å²) >= 11 is 1.33. The Balaban J connectivity index is 1.44. The molecule has 0 spiro atoms. The maximum absolute atomic E-state index is 13.1. The van der Waals surface area contributed by atoms with E-state index < -0.39 is 15.9 Å². The molecule has 1 fully saturated rings. The minimum atomic E-state index is -3.64. The van der Waals surface area contributed by atoms with Crippen LogP contribution >= 0.6 is 11.3 Å². The van der Waals surface area contributed by atoms with E-state index in [-0.39, 0.29) is 17.5 Å². The maximum atomic E-state index is 13.1. The van der Waals surface area contributed by atoms with E-state index in [0.717, 1.165) is 42.3 Å². The first-order valence-corrected chi connectivity index (χ1v) is 14.2. The highest BCUT2D eigenvalue weighted by Gasteiger charge is 2.29. The van der Waals surface area contributed by atoms with E-state index in [1.165, 1.54) is 39.9 Å². The van der Waals surface area contributed by atoms with Gasteiger partial charge in [-0.3, -0.25) is 4.79 Å². The van der Waals surface area contributed by atoms with Crippen LogP contribution in [0.3, 0.4) is 0 Å². The minimum Gasteiger partial charge on any atom is -0.486 e. The highest BCUT2D eigenvalue weighted by Crippen LogP contribution is 2.35. The number of rotatable bonds is 5. The van der Waals surface area contributed by atoms with Crippen LogP contribution in [0.25, 0.3) is 10.2 Å². The van der Waals surface area contributed by atoms with Gasteiger partial charge in [0.25, 0.3) is 5.91 Å². The van der Waals surface area contributed by atoms with Gasteiger partial charge in [0.05, 0.1) is 21.7 Å². The summed E-state index contributed by atoms with van der Waals surface area (Å²) in [6.45, 7) is 1.18. The van der Waals surface area contributed by atoms with E-state index in [0.29, 0.717) is 35.1 Å². The molecule has 0 saturated heterocycles. The third-order valence-corrected chi connectivity index (χ3v) is 9.63. The van der Waals surface area contributed by atoms with E-state index in [1.807, 2.05) is 12.1 Å². The van der Waals surface area contributed by atoms with Gasteiger partial charge in [0.1, 0.15) is 13.2 Å². The van der Waals surface area contributed by atoms with E-state index in [4.69, 9.17) is 15.9 Å². The summed E-state index contributed by atoms with van der Waals surface area (Å²) in [6, 6.07) is 9.69. The van der Waals surface area contributed by atoms with Crippen LogP contribution in [-0.2, 0) is 16.6 Å². The standard InChI is InChI=1S/C26H27N3O5S2/c1-3-13-29-21-16-22-23(34-15-14-33-22)17-24(21)35-26(29)27-25(30)18-9-11-20(12-10-18)36(31,32)28(2)19-7-5-4-6-8-19/h1,9-12,16-17,19H,4-8,13-15H2,2H3. The van der Waals surface area contributed by atoms with Crippen LogP contribution in [0.1, 0.15) is 42.5 Å². The van der Waals surface area contributed by atoms with Crippen LogP contribution in [0.5, 0.6) is 11.5 Å². The van der Waals surface area contributed by atoms with Gasteiger partial charge >= 0.3 is 0 Å². The lowest BCUT2D eigenvalue weighted by Crippen LogP contribution is -2.38. The summed E-state index contributed by atoms with van der Waals surface area (Å²) in [5.74, 6) is 3.41. The molecule has 2 aliphatic rings. The molecule has 0 atom stereocenters. The van der Waals surface area contributed by atoms with E-state index in [9.17, 15) is 13.2 Å². The third kappa shape index (κ3) is 4.66. The van der Waals surface area contributed by atoms with Gasteiger partial charge in [0.2, 0.25) is 10.0 Å². The first-order valence-electron chi connectivity index (χ1n) is 11.9. The van der Waals surface area contributed by atoms with Crippen LogP contribution in [0.2, 0.25) is 0 Å². The molecular weight excluding hydrogens is 498 g/mol. The molecule has 0 bridgehead atoms. The Kier molecular flexibility index (Phi) is 6.88. The molecule has 2 heterocycles. The lowest BCUT2D eigenvalue weighted by atomic mass is 9.96. The molecule has 8 nitrogen and oxygen atoms in total. The Labute approximate surface area is 214 Å². The average molecular weight is 526 g/mol. The van der Waals surface area contributed by atoms with Crippen molar-refractivity contribution in [3.63, 3.8) is 0 Å². The average Bonchev–Trinajstić information content (AvgIpc) is 3.23. The molecule has 3 aromatic rings. The normalized spacial score (nSPS) is 16.9. The second-order valence-electron chi connectivity index (χ2n) is 8.89. The number of aromatic nitrogens is 1. The molecule has 1 aliphatic heterocycles. The number of benzene rings is 2. The van der Waals surface area contributed by atoms with Crippen LogP contribution < -0.4 is 14.3 Å². The van der Waals surface area contributed by atoms with E-state index in [1.54, 1.807) is 11.6 Å². The number of ether oxygens (including phenoxy) is 2. The zero-order valence-corrected chi connectivity index (χ0v) is 21.6. The fourth-order valence-electron chi connectivity index (χ4n) is 4.66. The maximum Gasteiger partial charge on any atom is 0.279 e. The SMILES string of the molecule is C#CCn1c(=NC(=O)c2ccc(S(=O)(=O)N(C)C3CCCCC3)cc2)sc2cc3c(cc21)OCCO3. The van der Waals surface area contributed by atoms with Gasteiger partial charge in [0, 0.05) is 30.8 Å². The number of terminal acetylenes is 1. The second-order valence-corrected chi connectivity index (χ2v) is 11.9. The number of thiazole rings is 1. The van der Waals surface area contributed by atoms with Crippen molar-refractivity contribution in [2.24, 2.45) is 4.99 Å². The van der Waals surface area contributed by atoms with Crippen molar-refractivity contribution in [2.45, 2.75) is 49.6 Å². The molecule has 1 amide bonds. The molecule has 10 heteroatoms. The molecule has 5 rings (SSSR count). The first kappa shape index (κ1) is 24.6. The molecule has 1 saturated carbocycles. The van der Waals surface area contributed by atoms with Gasteiger partial charge in [-0.15, -0.1) is 6.42 Å². The Bertz CT molecular complexity index is 1510. The summed E-state index contributed by atoms with van der Waals surface area (Å²) in [4.78, 5) is 17.9. The number of nitrogens with zero attached hydrogens (tertiary/aromatic N) is 3. The summed E-state index contributed by atoms with van der Waals surface area (Å²) in [5.41, 5.74) is 1.10. The fraction of sp³-hybridized carbons (Fsp3) is 0.385. The van der Waals surface area contributed by atoms with Gasteiger partial charge in [-0.05, 0) is 37.1 Å². The predicted molar refractivity (Wildman–Crippen MR) is 138 cm³/mol. The molecule has 0 N–H and O–H groups in total. The summed E-state index contributed by atoms with van der Waals surface area (Å²) in [7, 11) is -2.00. The monoisotopic (exact) mass is 525 g/mol. The fourth-order valence-corrected chi connectivity index (χ4v) is 7.12. The number of hydrogen-bond donors (Lipinski definition) is 0. The predicted octanol–water partition coefficient (Wildman–Crippen LogP) is 3.80. The summed E-state index contributed by atoms with van der Waals surface area (Å²) in [5, 5.41) is 0. The van der Waals surface area contributed by atoms with Gasteiger partial charge in [-0.25, -0.2) is 8.42 Å². The van der Waals surface area contributed by atoms with Crippen LogP contribution in [0.4, 0.5) is 0 Å². The Morgan fingerprint density at radius 3 is 2.47 bits per heavy atom. The van der Waals surface area contributed by atoms with E-state index >= 15 is 0 Å². The number of amides is 1. The largest absolute Gasteiger partial charge is 0.486 e. The van der Waals surface area contributed by atoms with Crippen LogP contribution in [-0.4, -0.2) is 49.5 Å². The highest BCUT2D eigenvalue weighted by atomic mass is 32.2. The lowest BCUT2D eigenvalue weighted by Gasteiger charge is -2.30. The van der Waals surface area contributed by atoms with Crippen LogP contribution in [0.15, 0.2) is 46.3 Å². The molecule has 0 unspecified atom stereocenters. The Morgan fingerprint density at radius 1 is 1.14 bits per heavy atom. The minimum absolute atomic E-state index is 0.0149. The summed E-state index contributed by atoms with van der Waals surface area (Å²) < 4.78 is 41.7. The smallest absolute Gasteiger partial charge is 0.279 e. The van der Waals surface area contributed by atoms with Gasteiger partial charge in [0.15, 0.2) is 16.3 Å². The lowest BCUT2D eigenvalue weighted by molar-refractivity contribution is 0.0997. The Hall–Kier alpha value is -3.13. The van der Waals surface area contributed by atoms with E-state index in [2.05, 4.69) is 10.9 Å². The van der Waals surface area contributed by atoms with Crippen molar-refractivity contribution < 1.29 is 22.7 Å². The first-order chi connectivity index (χ1) is 17.4. The topological polar surface area (TPSA) is 90.2 Å². The number of hydrogen-bond acceptors (Lipinski definition) is 6. The van der Waals surface area contributed by atoms with Crippen molar-refractivity contribution in [3.05, 3.63) is 46.8 Å². The Morgan fingerprint density at radius 2 is 1.81 bits per heavy atom. The summed E-state index contributed by atoms with van der Waals surface area (Å²) in [6.07, 6.45) is 10.6. The molecule has 0 radical (unpaired) electrons. The molecular formula is C26H27N3O5S2. The quantitative estimate of drug-likeness (QED) is 0.473. The van der Waals surface area contributed by atoms with Crippen molar-refractivity contribution >= 4 is 37.5 Å². The second kappa shape index (κ2) is 10.1. The number of fused-ring (bicyclic) bond motifs is 2. The third-order valence-electron chi connectivity index (χ3n) is 6.66. The highest BCUT2D eigenvalue weighted by molar-refractivity contribution is 7.89. The van der Waals surface area contributed by atoms with Gasteiger partial charge in [-0.1, -0.05) is 36.5 Å². The molecule has 188 valence electrons. The molecule has 1 aromatic heterocycles. The van der Waals surface area contributed by atoms with Crippen molar-refractivity contribution in [1.82, 2.24) is 8.87 Å². The van der Waals surface area contributed by atoms with Gasteiger partial charge in [-0.2, -0.15) is 9.30 Å². The number of carbonyl (C=O) groups excluding carboxylic acids is 1. The molecule has 36 heavy (non-hydrogen) atoms. The van der Waals surface area contributed by atoms with Crippen molar-refractivity contribution in [2.75, 3.05) is 20.3 Å². The van der Waals surface area contributed by atoms with Crippen molar-refractivity contribution in [3.8, 4) is 23.8 Å². The number of sulfonamides is 1. The van der Waals surface area contributed by atoms with Gasteiger partial charge < -0.3 is 14.0 Å². The zero-order valence-electron chi connectivity index (χ0n) is 20.0.